The summed E-state index contributed by atoms with van der Waals surface area (Å²) in [5.74, 6) is -1.15. The Bertz CT molecular complexity index is 1260. The molecule has 7 nitrogen and oxygen atoms in total. The van der Waals surface area contributed by atoms with E-state index in [1.165, 1.54) is 6.07 Å². The van der Waals surface area contributed by atoms with E-state index in [1.54, 1.807) is 18.1 Å². The van der Waals surface area contributed by atoms with Gasteiger partial charge in [-0.3, -0.25) is 14.4 Å². The predicted molar refractivity (Wildman–Crippen MR) is 130 cm³/mol. The van der Waals surface area contributed by atoms with Gasteiger partial charge in [-0.1, -0.05) is 18.2 Å². The number of carbonyl (C=O) groups is 1. The van der Waals surface area contributed by atoms with Gasteiger partial charge in [0.15, 0.2) is 17.3 Å². The van der Waals surface area contributed by atoms with Gasteiger partial charge in [-0.25, -0.2) is 8.78 Å². The molecule has 3 aromatic rings. The molecule has 0 saturated carbocycles. The van der Waals surface area contributed by atoms with Gasteiger partial charge >= 0.3 is 0 Å². The number of fused-ring (bicyclic) bond motifs is 1. The number of likely N-dealkylation sites (tertiary alicyclic amines) is 1. The van der Waals surface area contributed by atoms with Crippen LogP contribution < -0.4 is 4.74 Å². The first kappa shape index (κ1) is 24.4. The van der Waals surface area contributed by atoms with E-state index >= 15 is 0 Å². The van der Waals surface area contributed by atoms with E-state index in [9.17, 15) is 18.7 Å². The Labute approximate surface area is 208 Å². The van der Waals surface area contributed by atoms with Crippen molar-refractivity contribution < 1.29 is 23.4 Å². The molecule has 2 aromatic carbocycles. The molecule has 1 amide bonds. The average Bonchev–Trinajstić information content (AvgIpc) is 3.23. The molecule has 0 bridgehead atoms. The molecule has 1 atom stereocenters. The molecule has 36 heavy (non-hydrogen) atoms. The molecular formula is C27H30F2N4O3. The molecule has 1 N–H and O–H groups in total. The number of piperidine rings is 1. The van der Waals surface area contributed by atoms with Gasteiger partial charge in [0.25, 0.3) is 5.91 Å². The van der Waals surface area contributed by atoms with Gasteiger partial charge in [-0.05, 0) is 48.2 Å². The number of hydrogen-bond donors (Lipinski definition) is 1. The van der Waals surface area contributed by atoms with Gasteiger partial charge in [0, 0.05) is 50.4 Å². The van der Waals surface area contributed by atoms with E-state index in [4.69, 9.17) is 9.84 Å². The number of amides is 1. The summed E-state index contributed by atoms with van der Waals surface area (Å²) in [5.41, 5.74) is 3.94. The van der Waals surface area contributed by atoms with Crippen LogP contribution in [0.2, 0.25) is 0 Å². The summed E-state index contributed by atoms with van der Waals surface area (Å²) in [4.78, 5) is 17.3. The highest BCUT2D eigenvalue weighted by atomic mass is 19.2. The van der Waals surface area contributed by atoms with Crippen molar-refractivity contribution in [1.29, 1.82) is 0 Å². The zero-order valence-electron chi connectivity index (χ0n) is 20.3. The molecule has 1 fully saturated rings. The Kier molecular flexibility index (Phi) is 7.02. The summed E-state index contributed by atoms with van der Waals surface area (Å²) in [6.45, 7) is 3.00. The number of benzene rings is 2. The largest absolute Gasteiger partial charge is 0.497 e. The lowest BCUT2D eigenvalue weighted by Gasteiger charge is -2.31. The zero-order chi connectivity index (χ0) is 25.2. The first-order valence-corrected chi connectivity index (χ1v) is 12.3. The number of halogens is 2. The maximum absolute atomic E-state index is 13.8. The van der Waals surface area contributed by atoms with Crippen molar-refractivity contribution in [2.45, 2.75) is 45.0 Å². The van der Waals surface area contributed by atoms with Gasteiger partial charge in [-0.2, -0.15) is 5.10 Å². The SMILES string of the molecule is COc1cccc(Cn2nc(C(=O)N3CCC[C@@H](O)C3)c3c2CCN(Cc2ccc(F)c(F)c2)C3)c1. The lowest BCUT2D eigenvalue weighted by atomic mass is 10.0. The van der Waals surface area contributed by atoms with Crippen LogP contribution in [0.4, 0.5) is 8.78 Å². The normalized spacial score (nSPS) is 18.2. The molecule has 0 aliphatic carbocycles. The van der Waals surface area contributed by atoms with Crippen LogP contribution in [0.15, 0.2) is 42.5 Å². The van der Waals surface area contributed by atoms with E-state index < -0.39 is 17.7 Å². The fourth-order valence-corrected chi connectivity index (χ4v) is 5.11. The number of β-amino-alcohol motifs (C(OH)–C–C–N with tert-alkyl or cyclic N) is 1. The second-order valence-electron chi connectivity index (χ2n) is 9.54. The molecule has 0 radical (unpaired) electrons. The van der Waals surface area contributed by atoms with Crippen molar-refractivity contribution in [3.05, 3.63) is 82.2 Å². The van der Waals surface area contributed by atoms with E-state index in [-0.39, 0.29) is 5.91 Å². The number of ether oxygens (including phenoxy) is 1. The standard InChI is InChI=1S/C27H30F2N4O3/c1-36-21-6-2-4-18(12-21)15-33-25-9-11-31(14-19-7-8-23(28)24(29)13-19)17-22(25)26(30-33)27(35)32-10-3-5-20(34)16-32/h2,4,6-8,12-13,20,34H,3,5,9-11,14-17H2,1H3/t20-/m1/s1. The molecule has 2 aliphatic heterocycles. The highest BCUT2D eigenvalue weighted by Crippen LogP contribution is 2.27. The third kappa shape index (κ3) is 5.12. The van der Waals surface area contributed by atoms with Gasteiger partial charge in [0.1, 0.15) is 5.75 Å². The van der Waals surface area contributed by atoms with Crippen LogP contribution in [0.5, 0.6) is 5.75 Å². The molecule has 1 aromatic heterocycles. The third-order valence-electron chi connectivity index (χ3n) is 6.96. The quantitative estimate of drug-likeness (QED) is 0.567. The molecule has 0 unspecified atom stereocenters. The Balaban J connectivity index is 1.44. The fourth-order valence-electron chi connectivity index (χ4n) is 5.11. The molecule has 9 heteroatoms. The maximum Gasteiger partial charge on any atom is 0.274 e. The summed E-state index contributed by atoms with van der Waals surface area (Å²) < 4.78 is 34.4. The van der Waals surface area contributed by atoms with Crippen LogP contribution in [0.3, 0.4) is 0 Å². The summed E-state index contributed by atoms with van der Waals surface area (Å²) in [6.07, 6.45) is 1.59. The number of carbonyl (C=O) groups excluding carboxylic acids is 1. The Morgan fingerprint density at radius 2 is 1.94 bits per heavy atom. The third-order valence-corrected chi connectivity index (χ3v) is 6.96. The lowest BCUT2D eigenvalue weighted by Crippen LogP contribution is -2.43. The number of rotatable bonds is 6. The Morgan fingerprint density at radius 3 is 2.72 bits per heavy atom. The Morgan fingerprint density at radius 1 is 1.11 bits per heavy atom. The van der Waals surface area contributed by atoms with Crippen LogP contribution in [0.25, 0.3) is 0 Å². The predicted octanol–water partition coefficient (Wildman–Crippen LogP) is 3.37. The highest BCUT2D eigenvalue weighted by molar-refractivity contribution is 5.94. The van der Waals surface area contributed by atoms with Crippen molar-refractivity contribution in [2.24, 2.45) is 0 Å². The highest BCUT2D eigenvalue weighted by Gasteiger charge is 2.32. The topological polar surface area (TPSA) is 70.8 Å². The lowest BCUT2D eigenvalue weighted by molar-refractivity contribution is 0.0466. The Hall–Kier alpha value is -3.30. The van der Waals surface area contributed by atoms with Crippen LogP contribution in [0.1, 0.15) is 45.7 Å². The minimum absolute atomic E-state index is 0.177. The molecular weight excluding hydrogens is 466 g/mol. The van der Waals surface area contributed by atoms with Gasteiger partial charge in [0.05, 0.1) is 19.8 Å². The van der Waals surface area contributed by atoms with E-state index in [0.717, 1.165) is 35.1 Å². The van der Waals surface area contributed by atoms with E-state index in [1.807, 2.05) is 28.9 Å². The molecule has 2 aliphatic rings. The summed E-state index contributed by atoms with van der Waals surface area (Å²) >= 11 is 0. The monoisotopic (exact) mass is 496 g/mol. The minimum Gasteiger partial charge on any atom is -0.497 e. The van der Waals surface area contributed by atoms with Crippen molar-refractivity contribution in [1.82, 2.24) is 19.6 Å². The molecule has 5 rings (SSSR count). The number of methoxy groups -OCH3 is 1. The molecule has 1 saturated heterocycles. The minimum atomic E-state index is -0.866. The summed E-state index contributed by atoms with van der Waals surface area (Å²) in [5, 5.41) is 14.9. The van der Waals surface area contributed by atoms with Crippen molar-refractivity contribution >= 4 is 5.91 Å². The van der Waals surface area contributed by atoms with Crippen LogP contribution >= 0.6 is 0 Å². The molecule has 0 spiro atoms. The van der Waals surface area contributed by atoms with Gasteiger partial charge < -0.3 is 14.7 Å². The van der Waals surface area contributed by atoms with Crippen LogP contribution in [-0.4, -0.2) is 63.4 Å². The number of aliphatic hydroxyl groups excluding tert-OH is 1. The average molecular weight is 497 g/mol. The zero-order valence-corrected chi connectivity index (χ0v) is 20.3. The summed E-state index contributed by atoms with van der Waals surface area (Å²) in [6, 6.07) is 11.7. The van der Waals surface area contributed by atoms with Crippen molar-refractivity contribution in [3.8, 4) is 5.75 Å². The molecule has 3 heterocycles. The van der Waals surface area contributed by atoms with Crippen molar-refractivity contribution in [3.63, 3.8) is 0 Å². The first-order valence-electron chi connectivity index (χ1n) is 12.3. The van der Waals surface area contributed by atoms with Gasteiger partial charge in [-0.15, -0.1) is 0 Å². The number of hydrogen-bond acceptors (Lipinski definition) is 5. The second kappa shape index (κ2) is 10.4. The number of aromatic nitrogens is 2. The number of nitrogens with zero attached hydrogens (tertiary/aromatic N) is 4. The van der Waals surface area contributed by atoms with Crippen molar-refractivity contribution in [2.75, 3.05) is 26.7 Å². The molecule has 190 valence electrons. The smallest absolute Gasteiger partial charge is 0.274 e. The fraction of sp³-hybridized carbons (Fsp3) is 0.407. The number of aliphatic hydroxyl groups is 1. The van der Waals surface area contributed by atoms with Crippen LogP contribution in [0, 0.1) is 11.6 Å². The van der Waals surface area contributed by atoms with Crippen LogP contribution in [-0.2, 0) is 26.1 Å². The second-order valence-corrected chi connectivity index (χ2v) is 9.54. The first-order chi connectivity index (χ1) is 17.4. The summed E-state index contributed by atoms with van der Waals surface area (Å²) in [7, 11) is 1.63. The van der Waals surface area contributed by atoms with E-state index in [0.29, 0.717) is 63.4 Å². The maximum atomic E-state index is 13.8. The van der Waals surface area contributed by atoms with Gasteiger partial charge in [0.2, 0.25) is 0 Å². The van der Waals surface area contributed by atoms with E-state index in [2.05, 4.69) is 4.90 Å².